The zero-order chi connectivity index (χ0) is 23.5. The summed E-state index contributed by atoms with van der Waals surface area (Å²) >= 11 is 1.18. The molecule has 3 aromatic rings. The molecule has 11 heteroatoms. The van der Waals surface area contributed by atoms with E-state index in [1.165, 1.54) is 45.4 Å². The second-order valence-corrected chi connectivity index (χ2v) is 10.5. The maximum Gasteiger partial charge on any atom is 0.244 e. The third-order valence-electron chi connectivity index (χ3n) is 5.00. The van der Waals surface area contributed by atoms with Crippen molar-refractivity contribution < 1.29 is 17.6 Å². The van der Waals surface area contributed by atoms with Gasteiger partial charge in [0, 0.05) is 32.9 Å². The Kier molecular flexibility index (Phi) is 7.52. The Morgan fingerprint density at radius 2 is 1.91 bits per heavy atom. The second-order valence-electron chi connectivity index (χ2n) is 7.25. The minimum absolute atomic E-state index is 0.137. The molecule has 0 aliphatic heterocycles. The smallest absolute Gasteiger partial charge is 0.244 e. The van der Waals surface area contributed by atoms with Crippen molar-refractivity contribution in [1.82, 2.24) is 23.8 Å². The van der Waals surface area contributed by atoms with Gasteiger partial charge in [-0.15, -0.1) is 10.2 Å². The minimum atomic E-state index is -3.64. The molecule has 0 aliphatic carbocycles. The van der Waals surface area contributed by atoms with Crippen LogP contribution in [0.4, 0.5) is 4.39 Å². The average molecular weight is 480 g/mol. The summed E-state index contributed by atoms with van der Waals surface area (Å²) in [5.74, 6) is -0.515. The van der Waals surface area contributed by atoms with Gasteiger partial charge in [0.2, 0.25) is 15.9 Å². The van der Waals surface area contributed by atoms with E-state index < -0.39 is 15.3 Å². The first-order chi connectivity index (χ1) is 15.2. The van der Waals surface area contributed by atoms with E-state index in [1.54, 1.807) is 50.4 Å². The highest BCUT2D eigenvalue weighted by atomic mass is 32.2. The molecular weight excluding hydrogens is 453 g/mol. The monoisotopic (exact) mass is 479 g/mol. The van der Waals surface area contributed by atoms with Crippen LogP contribution in [0.3, 0.4) is 0 Å². The van der Waals surface area contributed by atoms with Gasteiger partial charge < -0.3 is 4.90 Å². The standard InChI is InChI=1S/C21H26FN5O3S2/c1-5-26(6-2)32(29,30)18-10-11-19-23-24-21(27(19)14-18)31-15(3)20(28)25(4)13-16-8-7-9-17(22)12-16/h7-12,14-15H,5-6,13H2,1-4H3. The van der Waals surface area contributed by atoms with Gasteiger partial charge in [0.25, 0.3) is 0 Å². The normalized spacial score (nSPS) is 12.9. The number of hydrogen-bond acceptors (Lipinski definition) is 6. The number of halogens is 1. The molecule has 0 saturated carbocycles. The van der Waals surface area contributed by atoms with Gasteiger partial charge in [-0.1, -0.05) is 37.7 Å². The Labute approximate surface area is 191 Å². The molecule has 1 aromatic carbocycles. The number of thioether (sulfide) groups is 1. The van der Waals surface area contributed by atoms with Crippen LogP contribution in [0.15, 0.2) is 52.6 Å². The van der Waals surface area contributed by atoms with Crippen LogP contribution in [0, 0.1) is 5.82 Å². The van der Waals surface area contributed by atoms with Crippen LogP contribution in [0.2, 0.25) is 0 Å². The SMILES string of the molecule is CCN(CC)S(=O)(=O)c1ccc2nnc(SC(C)C(=O)N(C)Cc3cccc(F)c3)n2c1. The number of aromatic nitrogens is 3. The molecular formula is C21H26FN5O3S2. The summed E-state index contributed by atoms with van der Waals surface area (Å²) in [5.41, 5.74) is 1.18. The zero-order valence-corrected chi connectivity index (χ0v) is 20.0. The zero-order valence-electron chi connectivity index (χ0n) is 18.4. The Hall–Kier alpha value is -2.50. The molecule has 1 unspecified atom stereocenters. The molecule has 32 heavy (non-hydrogen) atoms. The number of benzene rings is 1. The number of amides is 1. The molecule has 0 N–H and O–H groups in total. The van der Waals surface area contributed by atoms with E-state index in [-0.39, 0.29) is 23.2 Å². The van der Waals surface area contributed by atoms with Gasteiger partial charge in [-0.05, 0) is 36.8 Å². The summed E-state index contributed by atoms with van der Waals surface area (Å²) < 4.78 is 42.1. The predicted molar refractivity (Wildman–Crippen MR) is 121 cm³/mol. The van der Waals surface area contributed by atoms with Gasteiger partial charge in [-0.25, -0.2) is 12.8 Å². The first kappa shape index (κ1) is 24.1. The number of nitrogens with zero attached hydrogens (tertiary/aromatic N) is 5. The Morgan fingerprint density at radius 1 is 1.19 bits per heavy atom. The summed E-state index contributed by atoms with van der Waals surface area (Å²) in [6, 6.07) is 9.21. The fourth-order valence-corrected chi connectivity index (χ4v) is 5.70. The first-order valence-corrected chi connectivity index (χ1v) is 12.5. The van der Waals surface area contributed by atoms with Crippen molar-refractivity contribution in [3.63, 3.8) is 0 Å². The molecule has 1 amide bonds. The molecule has 0 fully saturated rings. The van der Waals surface area contributed by atoms with Gasteiger partial charge in [-0.3, -0.25) is 9.20 Å². The lowest BCUT2D eigenvalue weighted by Crippen LogP contribution is -2.33. The Bertz CT molecular complexity index is 1210. The van der Waals surface area contributed by atoms with Crippen molar-refractivity contribution in [3.05, 3.63) is 54.0 Å². The van der Waals surface area contributed by atoms with Crippen LogP contribution in [-0.4, -0.2) is 63.5 Å². The van der Waals surface area contributed by atoms with E-state index in [0.717, 1.165) is 0 Å². The second kappa shape index (κ2) is 9.97. The van der Waals surface area contributed by atoms with E-state index in [1.807, 2.05) is 0 Å². The van der Waals surface area contributed by atoms with Gasteiger partial charge in [-0.2, -0.15) is 4.31 Å². The molecule has 3 rings (SSSR count). The molecule has 0 aliphatic rings. The highest BCUT2D eigenvalue weighted by Gasteiger charge is 2.25. The van der Waals surface area contributed by atoms with Crippen molar-refractivity contribution >= 4 is 33.3 Å². The number of carbonyl (C=O) groups is 1. The van der Waals surface area contributed by atoms with Crippen LogP contribution < -0.4 is 0 Å². The fraction of sp³-hybridized carbons (Fsp3) is 0.381. The van der Waals surface area contributed by atoms with Gasteiger partial charge in [0.05, 0.1) is 10.1 Å². The molecule has 1 atom stereocenters. The Morgan fingerprint density at radius 3 is 2.56 bits per heavy atom. The highest BCUT2D eigenvalue weighted by Crippen LogP contribution is 2.25. The van der Waals surface area contributed by atoms with Crippen LogP contribution in [0.5, 0.6) is 0 Å². The van der Waals surface area contributed by atoms with Crippen molar-refractivity contribution in [2.45, 2.75) is 42.6 Å². The first-order valence-electron chi connectivity index (χ1n) is 10.2. The summed E-state index contributed by atoms with van der Waals surface area (Å²) in [4.78, 5) is 14.5. The maximum absolute atomic E-state index is 13.4. The lowest BCUT2D eigenvalue weighted by atomic mass is 10.2. The van der Waals surface area contributed by atoms with Gasteiger partial charge in [0.1, 0.15) is 5.82 Å². The van der Waals surface area contributed by atoms with E-state index in [0.29, 0.717) is 29.5 Å². The third kappa shape index (κ3) is 5.11. The molecule has 0 bridgehead atoms. The molecule has 0 radical (unpaired) electrons. The topological polar surface area (TPSA) is 87.9 Å². The van der Waals surface area contributed by atoms with E-state index in [4.69, 9.17) is 0 Å². The van der Waals surface area contributed by atoms with E-state index in [9.17, 15) is 17.6 Å². The van der Waals surface area contributed by atoms with Crippen LogP contribution in [0.1, 0.15) is 26.3 Å². The number of sulfonamides is 1. The summed E-state index contributed by atoms with van der Waals surface area (Å²) in [5, 5.41) is 8.11. The molecule has 172 valence electrons. The van der Waals surface area contributed by atoms with Crippen molar-refractivity contribution in [1.29, 1.82) is 0 Å². The Balaban J connectivity index is 1.80. The molecule has 8 nitrogen and oxygen atoms in total. The van der Waals surface area contributed by atoms with E-state index >= 15 is 0 Å². The molecule has 2 heterocycles. The number of pyridine rings is 1. The summed E-state index contributed by atoms with van der Waals surface area (Å²) in [6.45, 7) is 6.31. The fourth-order valence-electron chi connectivity index (χ4n) is 3.30. The largest absolute Gasteiger partial charge is 0.340 e. The van der Waals surface area contributed by atoms with Crippen LogP contribution >= 0.6 is 11.8 Å². The van der Waals surface area contributed by atoms with Gasteiger partial charge in [0.15, 0.2) is 10.8 Å². The average Bonchev–Trinajstić information content (AvgIpc) is 3.15. The number of hydrogen-bond donors (Lipinski definition) is 0. The lowest BCUT2D eigenvalue weighted by Gasteiger charge is -2.21. The van der Waals surface area contributed by atoms with Crippen molar-refractivity contribution in [2.24, 2.45) is 0 Å². The number of carbonyl (C=O) groups excluding carboxylic acids is 1. The van der Waals surface area contributed by atoms with Crippen LogP contribution in [0.25, 0.3) is 5.65 Å². The maximum atomic E-state index is 13.4. The highest BCUT2D eigenvalue weighted by molar-refractivity contribution is 8.00. The van der Waals surface area contributed by atoms with Gasteiger partial charge >= 0.3 is 0 Å². The lowest BCUT2D eigenvalue weighted by molar-refractivity contribution is -0.129. The summed E-state index contributed by atoms with van der Waals surface area (Å²) in [6.07, 6.45) is 1.49. The number of rotatable bonds is 9. The quantitative estimate of drug-likeness (QED) is 0.439. The predicted octanol–water partition coefficient (Wildman–Crippen LogP) is 3.04. The van der Waals surface area contributed by atoms with Crippen LogP contribution in [-0.2, 0) is 21.4 Å². The van der Waals surface area contributed by atoms with Crippen molar-refractivity contribution in [3.8, 4) is 0 Å². The van der Waals surface area contributed by atoms with E-state index in [2.05, 4.69) is 10.2 Å². The minimum Gasteiger partial charge on any atom is -0.340 e. The van der Waals surface area contributed by atoms with Crippen molar-refractivity contribution in [2.75, 3.05) is 20.1 Å². The molecule has 2 aromatic heterocycles. The molecule has 0 saturated heterocycles. The third-order valence-corrected chi connectivity index (χ3v) is 8.08. The summed E-state index contributed by atoms with van der Waals surface area (Å²) in [7, 11) is -1.99. The number of fused-ring (bicyclic) bond motifs is 1. The molecule has 0 spiro atoms.